The van der Waals surface area contributed by atoms with E-state index < -0.39 is 0 Å². The van der Waals surface area contributed by atoms with Crippen molar-refractivity contribution in [3.63, 3.8) is 0 Å². The van der Waals surface area contributed by atoms with Crippen LogP contribution < -0.4 is 9.47 Å². The van der Waals surface area contributed by atoms with Gasteiger partial charge in [0.15, 0.2) is 0 Å². The summed E-state index contributed by atoms with van der Waals surface area (Å²) >= 11 is 0. The van der Waals surface area contributed by atoms with Crippen LogP contribution in [0.1, 0.15) is 23.1 Å². The van der Waals surface area contributed by atoms with Gasteiger partial charge in [-0.1, -0.05) is 17.7 Å². The molecule has 0 spiro atoms. The Labute approximate surface area is 183 Å². The molecule has 0 atom stereocenters. The molecule has 1 N–H and O–H groups in total. The fourth-order valence-corrected chi connectivity index (χ4v) is 3.87. The zero-order valence-corrected chi connectivity index (χ0v) is 18.3. The van der Waals surface area contributed by atoms with Crippen molar-refractivity contribution < 1.29 is 19.3 Å². The zero-order chi connectivity index (χ0) is 21.6. The largest absolute Gasteiger partial charge is 0.493 e. The van der Waals surface area contributed by atoms with Gasteiger partial charge in [0.25, 0.3) is 0 Å². The molecule has 3 aromatic rings. The van der Waals surface area contributed by atoms with Gasteiger partial charge in [-0.15, -0.1) is 0 Å². The molecule has 0 bridgehead atoms. The molecule has 6 nitrogen and oxygen atoms in total. The van der Waals surface area contributed by atoms with Crippen LogP contribution in [-0.2, 0) is 11.3 Å². The van der Waals surface area contributed by atoms with E-state index in [0.29, 0.717) is 18.1 Å². The average molecular weight is 423 g/mol. The first kappa shape index (κ1) is 21.6. The molecule has 31 heavy (non-hydrogen) atoms. The second kappa shape index (κ2) is 10.1. The number of aliphatic hydroxyl groups is 1. The highest BCUT2D eigenvalue weighted by Crippen LogP contribution is 2.34. The van der Waals surface area contributed by atoms with E-state index in [1.54, 1.807) is 6.20 Å². The van der Waals surface area contributed by atoms with Crippen LogP contribution in [0.4, 0.5) is 0 Å². The number of nitrogens with zero attached hydrogens (tertiary/aromatic N) is 2. The lowest BCUT2D eigenvalue weighted by Crippen LogP contribution is -2.37. The van der Waals surface area contributed by atoms with E-state index in [2.05, 4.69) is 22.9 Å². The lowest BCUT2D eigenvalue weighted by molar-refractivity contribution is 0.0357. The van der Waals surface area contributed by atoms with Crippen molar-refractivity contribution in [3.8, 4) is 17.2 Å². The van der Waals surface area contributed by atoms with Crippen LogP contribution in [-0.4, -0.2) is 54.4 Å². The molecule has 0 unspecified atom stereocenters. The fraction of sp³-hybridized carbons (Fsp3) is 0.400. The molecular formula is C25H30N2O4. The SMILES string of the molecule is Cc1ccc(Oc2ccnc3cc(OCCCN4CCOCC4)c(CO)cc23)c(C)c1. The van der Waals surface area contributed by atoms with Crippen LogP contribution in [0.3, 0.4) is 0 Å². The van der Waals surface area contributed by atoms with Crippen molar-refractivity contribution >= 4 is 10.9 Å². The van der Waals surface area contributed by atoms with Crippen LogP contribution in [0.25, 0.3) is 10.9 Å². The van der Waals surface area contributed by atoms with Crippen LogP contribution in [0.2, 0.25) is 0 Å². The number of hydrogen-bond acceptors (Lipinski definition) is 6. The van der Waals surface area contributed by atoms with Gasteiger partial charge in [0.2, 0.25) is 0 Å². The lowest BCUT2D eigenvalue weighted by Gasteiger charge is -2.26. The Morgan fingerprint density at radius 2 is 1.87 bits per heavy atom. The van der Waals surface area contributed by atoms with Crippen LogP contribution in [0.15, 0.2) is 42.6 Å². The van der Waals surface area contributed by atoms with Crippen molar-refractivity contribution in [2.75, 3.05) is 39.5 Å². The summed E-state index contributed by atoms with van der Waals surface area (Å²) in [4.78, 5) is 6.88. The molecule has 1 fully saturated rings. The van der Waals surface area contributed by atoms with Gasteiger partial charge in [-0.2, -0.15) is 0 Å². The molecular weight excluding hydrogens is 392 g/mol. The maximum atomic E-state index is 9.93. The third-order valence-electron chi connectivity index (χ3n) is 5.58. The number of aryl methyl sites for hydroxylation is 2. The molecule has 1 aliphatic rings. The molecule has 1 aliphatic heterocycles. The molecule has 1 saturated heterocycles. The first-order valence-corrected chi connectivity index (χ1v) is 10.8. The van der Waals surface area contributed by atoms with Crippen LogP contribution in [0, 0.1) is 13.8 Å². The van der Waals surface area contributed by atoms with E-state index in [1.165, 1.54) is 5.56 Å². The normalized spacial score (nSPS) is 14.7. The Morgan fingerprint density at radius 3 is 2.65 bits per heavy atom. The second-order valence-electron chi connectivity index (χ2n) is 7.97. The van der Waals surface area contributed by atoms with Crippen molar-refractivity contribution in [1.29, 1.82) is 0 Å². The molecule has 0 aliphatic carbocycles. The van der Waals surface area contributed by atoms with Gasteiger partial charge in [-0.3, -0.25) is 9.88 Å². The predicted octanol–water partition coefficient (Wildman–Crippen LogP) is 4.24. The predicted molar refractivity (Wildman–Crippen MR) is 121 cm³/mol. The maximum Gasteiger partial charge on any atom is 0.138 e. The summed E-state index contributed by atoms with van der Waals surface area (Å²) in [6.45, 7) is 9.13. The molecule has 0 saturated carbocycles. The lowest BCUT2D eigenvalue weighted by atomic mass is 10.1. The molecule has 2 heterocycles. The van der Waals surface area contributed by atoms with Crippen molar-refractivity contribution in [2.24, 2.45) is 0 Å². The number of rotatable bonds is 8. The van der Waals surface area contributed by atoms with Gasteiger partial charge in [-0.25, -0.2) is 0 Å². The number of aliphatic hydroxyl groups excluding tert-OH is 1. The molecule has 4 rings (SSSR count). The van der Waals surface area contributed by atoms with Gasteiger partial charge in [0.05, 0.1) is 31.9 Å². The average Bonchev–Trinajstić information content (AvgIpc) is 2.79. The molecule has 164 valence electrons. The Morgan fingerprint density at radius 1 is 1.03 bits per heavy atom. The number of hydrogen-bond donors (Lipinski definition) is 1. The number of morpholine rings is 1. The Kier molecular flexibility index (Phi) is 7.02. The monoisotopic (exact) mass is 422 g/mol. The number of benzene rings is 2. The topological polar surface area (TPSA) is 64.1 Å². The highest BCUT2D eigenvalue weighted by molar-refractivity contribution is 5.87. The quantitative estimate of drug-likeness (QED) is 0.548. The van der Waals surface area contributed by atoms with Gasteiger partial charge >= 0.3 is 0 Å². The number of aromatic nitrogens is 1. The highest BCUT2D eigenvalue weighted by atomic mass is 16.5. The van der Waals surface area contributed by atoms with Crippen LogP contribution in [0.5, 0.6) is 17.2 Å². The summed E-state index contributed by atoms with van der Waals surface area (Å²) in [5.41, 5.74) is 3.79. The van der Waals surface area contributed by atoms with E-state index in [0.717, 1.165) is 67.0 Å². The summed E-state index contributed by atoms with van der Waals surface area (Å²) in [6.07, 6.45) is 2.66. The fourth-order valence-electron chi connectivity index (χ4n) is 3.87. The number of pyridine rings is 1. The minimum atomic E-state index is -0.105. The minimum Gasteiger partial charge on any atom is -0.493 e. The van der Waals surface area contributed by atoms with Crippen molar-refractivity contribution in [3.05, 3.63) is 59.3 Å². The Bertz CT molecular complexity index is 1030. The van der Waals surface area contributed by atoms with Gasteiger partial charge in [0, 0.05) is 42.8 Å². The summed E-state index contributed by atoms with van der Waals surface area (Å²) < 4.78 is 17.6. The first-order chi connectivity index (χ1) is 15.1. The summed E-state index contributed by atoms with van der Waals surface area (Å²) in [5, 5.41) is 10.8. The smallest absolute Gasteiger partial charge is 0.138 e. The van der Waals surface area contributed by atoms with E-state index >= 15 is 0 Å². The molecule has 1 aromatic heterocycles. The standard InChI is InChI=1S/C25H30N2O4/c1-18-4-5-23(19(2)14-18)31-24-6-7-26-22-16-25(20(17-28)15-21(22)24)30-11-3-8-27-9-12-29-13-10-27/h4-7,14-16,28H,3,8-13,17H2,1-2H3. The van der Waals surface area contributed by atoms with Crippen molar-refractivity contribution in [2.45, 2.75) is 26.9 Å². The summed E-state index contributed by atoms with van der Waals surface area (Å²) in [7, 11) is 0. The highest BCUT2D eigenvalue weighted by Gasteiger charge is 2.13. The van der Waals surface area contributed by atoms with Gasteiger partial charge in [-0.05, 0) is 44.0 Å². The Hall–Kier alpha value is -2.67. The van der Waals surface area contributed by atoms with E-state index in [1.807, 2.05) is 37.3 Å². The number of fused-ring (bicyclic) bond motifs is 1. The molecule has 0 amide bonds. The molecule has 6 heteroatoms. The first-order valence-electron chi connectivity index (χ1n) is 10.8. The van der Waals surface area contributed by atoms with Gasteiger partial charge < -0.3 is 19.3 Å². The zero-order valence-electron chi connectivity index (χ0n) is 18.3. The third kappa shape index (κ3) is 5.34. The number of ether oxygens (including phenoxy) is 3. The molecule has 2 aromatic carbocycles. The Balaban J connectivity index is 1.49. The summed E-state index contributed by atoms with van der Waals surface area (Å²) in [6, 6.07) is 11.8. The molecule has 0 radical (unpaired) electrons. The summed E-state index contributed by atoms with van der Waals surface area (Å²) in [5.74, 6) is 2.20. The van der Waals surface area contributed by atoms with E-state index in [9.17, 15) is 5.11 Å². The second-order valence-corrected chi connectivity index (χ2v) is 7.97. The van der Waals surface area contributed by atoms with E-state index in [4.69, 9.17) is 14.2 Å². The maximum absolute atomic E-state index is 9.93. The van der Waals surface area contributed by atoms with E-state index in [-0.39, 0.29) is 6.61 Å². The van der Waals surface area contributed by atoms with Crippen LogP contribution >= 0.6 is 0 Å². The van der Waals surface area contributed by atoms with Gasteiger partial charge in [0.1, 0.15) is 17.2 Å². The third-order valence-corrected chi connectivity index (χ3v) is 5.58. The minimum absolute atomic E-state index is 0.105. The van der Waals surface area contributed by atoms with Crippen molar-refractivity contribution in [1.82, 2.24) is 9.88 Å².